The van der Waals surface area contributed by atoms with Crippen molar-refractivity contribution in [1.82, 2.24) is 15.2 Å². The molecule has 8 nitrogen and oxygen atoms in total. The van der Waals surface area contributed by atoms with Gasteiger partial charge in [0.2, 0.25) is 5.91 Å². The van der Waals surface area contributed by atoms with Crippen LogP contribution >= 0.6 is 34.5 Å². The van der Waals surface area contributed by atoms with E-state index < -0.39 is 12.1 Å². The second-order valence-corrected chi connectivity index (χ2v) is 13.2. The molecule has 0 spiro atoms. The van der Waals surface area contributed by atoms with E-state index in [9.17, 15) is 18.0 Å². The number of nitrogens with zero attached hydrogens (tertiary/aromatic N) is 3. The minimum atomic E-state index is -5.08. The zero-order valence-corrected chi connectivity index (χ0v) is 28.2. The van der Waals surface area contributed by atoms with Crippen LogP contribution < -0.4 is 15.0 Å². The number of aromatic nitrogens is 1. The Hall–Kier alpha value is -3.06. The van der Waals surface area contributed by atoms with Gasteiger partial charge in [-0.15, -0.1) is 11.3 Å². The largest absolute Gasteiger partial charge is 0.494 e. The normalized spacial score (nSPS) is 16.1. The summed E-state index contributed by atoms with van der Waals surface area (Å²) in [4.78, 5) is 31.1. The van der Waals surface area contributed by atoms with Crippen molar-refractivity contribution in [2.75, 3.05) is 37.7 Å². The Kier molecular flexibility index (Phi) is 14.0. The first-order valence-corrected chi connectivity index (χ1v) is 17.3. The minimum Gasteiger partial charge on any atom is -0.494 e. The Morgan fingerprint density at radius 2 is 1.64 bits per heavy atom. The van der Waals surface area contributed by atoms with Gasteiger partial charge in [0, 0.05) is 56.1 Å². The number of benzene rings is 2. The fourth-order valence-corrected chi connectivity index (χ4v) is 6.59. The number of aliphatic carboxylic acids is 1. The fraction of sp³-hybridized carbons (Fsp3) is 0.485. The number of hydrogen-bond donors (Lipinski definition) is 2. The summed E-state index contributed by atoms with van der Waals surface area (Å²) in [6.07, 6.45) is 3.14. The monoisotopic (exact) mass is 714 g/mol. The number of carboxylic acids is 1. The maximum atomic E-state index is 12.5. The quantitative estimate of drug-likeness (QED) is 0.205. The van der Waals surface area contributed by atoms with Gasteiger partial charge in [0.25, 0.3) is 0 Å². The predicted octanol–water partition coefficient (Wildman–Crippen LogP) is 8.07. The number of carboxylic acid groups (broad SMARTS) is 1. The van der Waals surface area contributed by atoms with Crippen molar-refractivity contribution in [1.29, 1.82) is 0 Å². The van der Waals surface area contributed by atoms with Crippen molar-refractivity contribution in [2.45, 2.75) is 70.1 Å². The Bertz CT molecular complexity index is 1440. The van der Waals surface area contributed by atoms with Crippen molar-refractivity contribution >= 4 is 51.5 Å². The number of halogens is 5. The molecule has 0 radical (unpaired) electrons. The van der Waals surface area contributed by atoms with Crippen molar-refractivity contribution in [3.63, 3.8) is 0 Å². The number of likely N-dealkylation sites (tertiary alicyclic amines) is 1. The van der Waals surface area contributed by atoms with Crippen LogP contribution in [0.4, 0.5) is 18.3 Å². The number of carbonyl (C=O) groups excluding carboxylic acids is 1. The summed E-state index contributed by atoms with van der Waals surface area (Å²) < 4.78 is 37.6. The second kappa shape index (κ2) is 17.9. The summed E-state index contributed by atoms with van der Waals surface area (Å²) in [5.74, 6) is -1.83. The van der Waals surface area contributed by atoms with Gasteiger partial charge in [-0.2, -0.15) is 13.2 Å². The van der Waals surface area contributed by atoms with Crippen LogP contribution in [0.5, 0.6) is 5.75 Å². The highest BCUT2D eigenvalue weighted by Crippen LogP contribution is 2.30. The lowest BCUT2D eigenvalue weighted by atomic mass is 10.0. The zero-order chi connectivity index (χ0) is 33.8. The van der Waals surface area contributed by atoms with Crippen molar-refractivity contribution in [2.24, 2.45) is 0 Å². The number of hydrogen-bond acceptors (Lipinski definition) is 7. The molecule has 0 aliphatic carbocycles. The molecule has 2 fully saturated rings. The number of ether oxygens (including phenoxy) is 1. The first-order chi connectivity index (χ1) is 22.5. The Labute approximate surface area is 286 Å². The van der Waals surface area contributed by atoms with E-state index in [1.54, 1.807) is 11.3 Å². The molecule has 2 aromatic carbocycles. The highest BCUT2D eigenvalue weighted by Gasteiger charge is 2.38. The topological polar surface area (TPSA) is 95.0 Å². The number of anilines is 1. The number of nitrogens with one attached hydrogen (secondary N) is 1. The Morgan fingerprint density at radius 3 is 2.26 bits per heavy atom. The first-order valence-electron chi connectivity index (χ1n) is 15.7. The summed E-state index contributed by atoms with van der Waals surface area (Å²) in [6, 6.07) is 14.1. The minimum absolute atomic E-state index is 0.102. The van der Waals surface area contributed by atoms with Crippen LogP contribution in [0, 0.1) is 0 Å². The lowest BCUT2D eigenvalue weighted by molar-refractivity contribution is -0.192. The number of piperidine rings is 1. The van der Waals surface area contributed by atoms with E-state index in [-0.39, 0.29) is 11.9 Å². The summed E-state index contributed by atoms with van der Waals surface area (Å²) in [6.45, 7) is 5.48. The Balaban J connectivity index is 0.000000644. The van der Waals surface area contributed by atoms with Crippen LogP contribution in [0.3, 0.4) is 0 Å². The maximum Gasteiger partial charge on any atom is 0.490 e. The van der Waals surface area contributed by atoms with Gasteiger partial charge in [-0.05, 0) is 74.1 Å². The van der Waals surface area contributed by atoms with Gasteiger partial charge < -0.3 is 20.1 Å². The predicted molar refractivity (Wildman–Crippen MR) is 180 cm³/mol. The molecule has 47 heavy (non-hydrogen) atoms. The molecule has 0 atom stereocenters. The van der Waals surface area contributed by atoms with Crippen molar-refractivity contribution < 1.29 is 32.6 Å². The SMILES string of the molecule is O=C(CCCOc1ccc(-c2csc(N3CCCCCC3)n2)cc1)NC1CCN(Cc2ccc(Cl)c(Cl)c2)CC1.O=C(O)C(F)(F)F. The van der Waals surface area contributed by atoms with Crippen LogP contribution in [0.1, 0.15) is 56.9 Å². The van der Waals surface area contributed by atoms with Gasteiger partial charge in [-0.25, -0.2) is 9.78 Å². The molecule has 3 heterocycles. The fourth-order valence-electron chi connectivity index (χ4n) is 5.38. The van der Waals surface area contributed by atoms with E-state index in [0.717, 1.165) is 73.3 Å². The molecule has 3 aromatic rings. The number of rotatable bonds is 10. The van der Waals surface area contributed by atoms with E-state index >= 15 is 0 Å². The molecule has 5 rings (SSSR count). The molecular formula is C33H39Cl2F3N4O4S. The summed E-state index contributed by atoms with van der Waals surface area (Å²) in [5.41, 5.74) is 3.28. The third kappa shape index (κ3) is 12.2. The number of alkyl halides is 3. The number of carbonyl (C=O) groups is 2. The highest BCUT2D eigenvalue weighted by atomic mass is 35.5. The average molecular weight is 716 g/mol. The van der Waals surface area contributed by atoms with Crippen molar-refractivity contribution in [3.05, 3.63) is 63.5 Å². The number of thiazole rings is 1. The van der Waals surface area contributed by atoms with Gasteiger partial charge in [0.1, 0.15) is 5.75 Å². The molecule has 0 bridgehead atoms. The van der Waals surface area contributed by atoms with Gasteiger partial charge in [-0.1, -0.05) is 42.1 Å². The van der Waals surface area contributed by atoms with Gasteiger partial charge in [0.05, 0.1) is 22.3 Å². The molecule has 2 aliphatic heterocycles. The lowest BCUT2D eigenvalue weighted by Gasteiger charge is -2.32. The standard InChI is InChI=1S/C31H38Cl2N4O2S.C2HF3O2/c32-27-12-7-23(20-28(27)33)21-36-17-13-25(14-18-36)34-30(38)6-5-19-39-26-10-8-24(9-11-26)29-22-40-31(35-29)37-15-3-1-2-4-16-37;3-2(4,5)1(6)7/h7-12,20,22,25H,1-6,13-19,21H2,(H,34,38);(H,6,7). The van der Waals surface area contributed by atoms with E-state index in [4.69, 9.17) is 42.8 Å². The molecule has 2 saturated heterocycles. The smallest absolute Gasteiger partial charge is 0.490 e. The van der Waals surface area contributed by atoms with E-state index in [0.29, 0.717) is 29.5 Å². The van der Waals surface area contributed by atoms with Crippen molar-refractivity contribution in [3.8, 4) is 17.0 Å². The highest BCUT2D eigenvalue weighted by molar-refractivity contribution is 7.14. The molecule has 14 heteroatoms. The zero-order valence-electron chi connectivity index (χ0n) is 25.9. The lowest BCUT2D eigenvalue weighted by Crippen LogP contribution is -2.44. The Morgan fingerprint density at radius 1 is 0.979 bits per heavy atom. The molecule has 2 N–H and O–H groups in total. The van der Waals surface area contributed by atoms with Crippen LogP contribution in [0.2, 0.25) is 10.0 Å². The molecule has 0 unspecified atom stereocenters. The van der Waals surface area contributed by atoms with E-state index in [1.165, 1.54) is 25.7 Å². The maximum absolute atomic E-state index is 12.5. The van der Waals surface area contributed by atoms with E-state index in [1.807, 2.05) is 30.3 Å². The van der Waals surface area contributed by atoms with E-state index in [2.05, 4.69) is 32.6 Å². The van der Waals surface area contributed by atoms with Crippen LogP contribution in [-0.2, 0) is 16.1 Å². The third-order valence-corrected chi connectivity index (χ3v) is 9.56. The summed E-state index contributed by atoms with van der Waals surface area (Å²) in [5, 5.41) is 14.8. The van der Waals surface area contributed by atoms with Crippen LogP contribution in [-0.4, -0.2) is 71.9 Å². The van der Waals surface area contributed by atoms with Gasteiger partial charge in [-0.3, -0.25) is 9.69 Å². The molecule has 1 amide bonds. The average Bonchev–Trinajstić information content (AvgIpc) is 3.37. The van der Waals surface area contributed by atoms with Gasteiger partial charge in [0.15, 0.2) is 5.13 Å². The molecular weight excluding hydrogens is 676 g/mol. The molecule has 256 valence electrons. The molecule has 2 aliphatic rings. The number of amides is 1. The second-order valence-electron chi connectivity index (χ2n) is 11.6. The molecule has 1 aromatic heterocycles. The first kappa shape index (κ1) is 36.8. The summed E-state index contributed by atoms with van der Waals surface area (Å²) >= 11 is 13.9. The van der Waals surface area contributed by atoms with Crippen LogP contribution in [0.25, 0.3) is 11.3 Å². The summed E-state index contributed by atoms with van der Waals surface area (Å²) in [7, 11) is 0. The van der Waals surface area contributed by atoms with Crippen LogP contribution in [0.15, 0.2) is 47.8 Å². The molecule has 0 saturated carbocycles. The third-order valence-electron chi connectivity index (χ3n) is 7.92. The van der Waals surface area contributed by atoms with Gasteiger partial charge >= 0.3 is 12.1 Å².